The molecule has 2 heterocycles. The second-order valence-corrected chi connectivity index (χ2v) is 11.0. The van der Waals surface area contributed by atoms with E-state index in [0.29, 0.717) is 30.5 Å². The molecule has 37 heavy (non-hydrogen) atoms. The lowest BCUT2D eigenvalue weighted by molar-refractivity contribution is -0.696. The number of nitrogens with one attached hydrogen (secondary N) is 1. The Hall–Kier alpha value is -3.37. The molecule has 0 aliphatic heterocycles. The van der Waals surface area contributed by atoms with E-state index in [2.05, 4.69) is 4.98 Å². The molecule has 0 saturated heterocycles. The Morgan fingerprint density at radius 3 is 2.43 bits per heavy atom. The second kappa shape index (κ2) is 12.2. The number of nitrogens with zero attached hydrogens (tertiary/aromatic N) is 2. The van der Waals surface area contributed by atoms with Gasteiger partial charge in [-0.05, 0) is 31.0 Å². The number of amides is 1. The van der Waals surface area contributed by atoms with E-state index >= 15 is 0 Å². The zero-order chi connectivity index (χ0) is 27.1. The van der Waals surface area contributed by atoms with Crippen LogP contribution in [0.15, 0.2) is 58.2 Å². The number of ether oxygens (including phenoxy) is 1. The topological polar surface area (TPSA) is 203 Å². The van der Waals surface area contributed by atoms with Crippen LogP contribution in [0.25, 0.3) is 22.8 Å². The van der Waals surface area contributed by atoms with E-state index in [4.69, 9.17) is 19.5 Å². The first kappa shape index (κ1) is 28.2. The highest BCUT2D eigenvalue weighted by molar-refractivity contribution is 7.86. The van der Waals surface area contributed by atoms with Gasteiger partial charge in [-0.1, -0.05) is 0 Å². The molecule has 1 amide bonds. The Morgan fingerprint density at radius 1 is 1.05 bits per heavy atom. The summed E-state index contributed by atoms with van der Waals surface area (Å²) in [5.74, 6) is 4.82. The molecular formula is C22H27N4O9S2+. The number of pyridine rings is 1. The summed E-state index contributed by atoms with van der Waals surface area (Å²) in [5.41, 5.74) is 2.98. The molecule has 0 radical (unpaired) electrons. The van der Waals surface area contributed by atoms with E-state index in [-0.39, 0.29) is 48.5 Å². The summed E-state index contributed by atoms with van der Waals surface area (Å²) in [7, 11) is -8.63. The van der Waals surface area contributed by atoms with Crippen LogP contribution < -0.4 is 20.6 Å². The molecule has 0 aliphatic carbocycles. The first-order valence-electron chi connectivity index (χ1n) is 11.1. The highest BCUT2D eigenvalue weighted by atomic mass is 32.2. The summed E-state index contributed by atoms with van der Waals surface area (Å²) < 4.78 is 77.1. The van der Waals surface area contributed by atoms with Crippen molar-refractivity contribution >= 4 is 26.1 Å². The zero-order valence-corrected chi connectivity index (χ0v) is 21.2. The van der Waals surface area contributed by atoms with Gasteiger partial charge in [0.2, 0.25) is 11.8 Å². The number of oxazole rings is 1. The summed E-state index contributed by atoms with van der Waals surface area (Å²) >= 11 is 0. The van der Waals surface area contributed by atoms with Gasteiger partial charge in [-0.2, -0.15) is 16.8 Å². The number of aromatic nitrogens is 2. The minimum Gasteiger partial charge on any atom is -0.492 e. The molecule has 0 fully saturated rings. The largest absolute Gasteiger partial charge is 0.492 e. The summed E-state index contributed by atoms with van der Waals surface area (Å²) in [6.07, 6.45) is 6.20. The predicted molar refractivity (Wildman–Crippen MR) is 130 cm³/mol. The highest BCUT2D eigenvalue weighted by Crippen LogP contribution is 2.32. The fourth-order valence-electron chi connectivity index (χ4n) is 3.34. The van der Waals surface area contributed by atoms with E-state index in [1.807, 2.05) is 5.43 Å². The van der Waals surface area contributed by atoms with Crippen LogP contribution >= 0.6 is 0 Å². The smallest absolute Gasteiger partial charge is 0.298 e. The summed E-state index contributed by atoms with van der Waals surface area (Å²) in [4.78, 5) is 14.9. The highest BCUT2D eigenvalue weighted by Gasteiger charge is 2.20. The Balaban J connectivity index is 1.70. The van der Waals surface area contributed by atoms with Crippen molar-refractivity contribution in [1.82, 2.24) is 10.4 Å². The lowest BCUT2D eigenvalue weighted by atomic mass is 10.2. The Bertz CT molecular complexity index is 1440. The summed E-state index contributed by atoms with van der Waals surface area (Å²) in [6, 6.07) is 7.59. The minimum absolute atomic E-state index is 0.0455. The monoisotopic (exact) mass is 555 g/mol. The van der Waals surface area contributed by atoms with Gasteiger partial charge in [0.1, 0.15) is 17.2 Å². The number of hydrogen-bond acceptors (Lipinski definition) is 9. The normalized spacial score (nSPS) is 11.9. The van der Waals surface area contributed by atoms with Crippen LogP contribution in [0.3, 0.4) is 0 Å². The quantitative estimate of drug-likeness (QED) is 0.0592. The molecule has 2 aromatic heterocycles. The minimum atomic E-state index is -4.62. The van der Waals surface area contributed by atoms with Crippen LogP contribution in [0, 0.1) is 0 Å². The first-order chi connectivity index (χ1) is 17.5. The maximum absolute atomic E-state index is 12.0. The second-order valence-electron chi connectivity index (χ2n) is 8.00. The molecule has 15 heteroatoms. The van der Waals surface area contributed by atoms with Crippen molar-refractivity contribution < 1.29 is 44.5 Å². The predicted octanol–water partition coefficient (Wildman–Crippen LogP) is 1.36. The van der Waals surface area contributed by atoms with Gasteiger partial charge in [0.15, 0.2) is 18.2 Å². The van der Waals surface area contributed by atoms with Crippen LogP contribution in [-0.2, 0) is 31.6 Å². The SMILES string of the molecule is NNC(=O)CCCCOc1ccc(-c2cnc(-c3cc[n+](CCCS(=O)(=O)O)cc3)o2)cc1S(=O)(=O)O. The van der Waals surface area contributed by atoms with Gasteiger partial charge in [-0.25, -0.2) is 15.4 Å². The average Bonchev–Trinajstić information content (AvgIpc) is 3.33. The molecule has 0 atom stereocenters. The number of aryl methyl sites for hydroxylation is 1. The molecule has 0 bridgehead atoms. The van der Waals surface area contributed by atoms with Crippen LogP contribution in [0.4, 0.5) is 0 Å². The van der Waals surface area contributed by atoms with Crippen LogP contribution in [0.2, 0.25) is 0 Å². The van der Waals surface area contributed by atoms with Gasteiger partial charge in [-0.15, -0.1) is 0 Å². The van der Waals surface area contributed by atoms with Crippen molar-refractivity contribution in [3.8, 4) is 28.5 Å². The lowest BCUT2D eigenvalue weighted by Crippen LogP contribution is -2.33. The van der Waals surface area contributed by atoms with Crippen LogP contribution in [0.1, 0.15) is 25.7 Å². The molecule has 3 aromatic rings. The Labute approximate surface area is 213 Å². The zero-order valence-electron chi connectivity index (χ0n) is 19.6. The van der Waals surface area contributed by atoms with E-state index in [9.17, 15) is 26.2 Å². The number of unbranched alkanes of at least 4 members (excludes halogenated alkanes) is 1. The van der Waals surface area contributed by atoms with Crippen molar-refractivity contribution in [2.24, 2.45) is 5.84 Å². The molecule has 0 aliphatic rings. The fraction of sp³-hybridized carbons (Fsp3) is 0.318. The summed E-state index contributed by atoms with van der Waals surface area (Å²) in [5, 5.41) is 0. The van der Waals surface area contributed by atoms with Crippen molar-refractivity contribution in [2.45, 2.75) is 37.1 Å². The lowest BCUT2D eigenvalue weighted by Gasteiger charge is -2.11. The molecular weight excluding hydrogens is 528 g/mol. The summed E-state index contributed by atoms with van der Waals surface area (Å²) in [6.45, 7) is 0.503. The van der Waals surface area contributed by atoms with Crippen molar-refractivity contribution in [1.29, 1.82) is 0 Å². The molecule has 1 aromatic carbocycles. The average molecular weight is 556 g/mol. The number of nitrogens with two attached hydrogens (primary N) is 1. The van der Waals surface area contributed by atoms with Gasteiger partial charge in [0, 0.05) is 36.1 Å². The number of hydrogen-bond donors (Lipinski definition) is 4. The molecule has 0 unspecified atom stereocenters. The van der Waals surface area contributed by atoms with E-state index in [1.165, 1.54) is 18.3 Å². The fourth-order valence-corrected chi connectivity index (χ4v) is 4.49. The van der Waals surface area contributed by atoms with Gasteiger partial charge in [0.25, 0.3) is 20.2 Å². The number of benzene rings is 1. The molecule has 5 N–H and O–H groups in total. The third-order valence-electron chi connectivity index (χ3n) is 5.19. The van der Waals surface area contributed by atoms with E-state index < -0.39 is 25.1 Å². The number of carbonyl (C=O) groups excluding carboxylic acids is 1. The third-order valence-corrected chi connectivity index (χ3v) is 6.86. The van der Waals surface area contributed by atoms with Gasteiger partial charge in [-0.3, -0.25) is 19.3 Å². The standard InChI is InChI=1S/C22H26N4O9S2/c23-25-21(27)4-1-2-12-34-18-6-5-17(14-20(18)37(31,32)33)19-15-24-22(35-19)16-7-10-26(11-8-16)9-3-13-36(28,29)30/h5-8,10-11,14-15,23-24H,1-4,9,12-13H2,(H2,28,29,30,31,32,33)/p+1. The van der Waals surface area contributed by atoms with Crippen molar-refractivity contribution in [3.63, 3.8) is 0 Å². The Kier molecular flexibility index (Phi) is 9.34. The van der Waals surface area contributed by atoms with Crippen LogP contribution in [0.5, 0.6) is 5.75 Å². The van der Waals surface area contributed by atoms with Crippen LogP contribution in [-0.4, -0.2) is 49.2 Å². The number of hydrazine groups is 1. The van der Waals surface area contributed by atoms with Crippen molar-refractivity contribution in [3.05, 3.63) is 48.9 Å². The number of carbonyl (C=O) groups is 1. The van der Waals surface area contributed by atoms with E-state index in [0.717, 1.165) is 0 Å². The molecule has 13 nitrogen and oxygen atoms in total. The molecule has 0 saturated carbocycles. The third kappa shape index (κ3) is 8.61. The van der Waals surface area contributed by atoms with E-state index in [1.54, 1.807) is 35.2 Å². The number of rotatable bonds is 13. The molecule has 3 rings (SSSR count). The van der Waals surface area contributed by atoms with Gasteiger partial charge >= 0.3 is 0 Å². The maximum Gasteiger partial charge on any atom is 0.298 e. The first-order valence-corrected chi connectivity index (χ1v) is 14.2. The van der Waals surface area contributed by atoms with Gasteiger partial charge < -0.3 is 9.15 Å². The molecule has 0 spiro atoms. The van der Waals surface area contributed by atoms with Gasteiger partial charge in [0.05, 0.1) is 18.6 Å². The van der Waals surface area contributed by atoms with Crippen molar-refractivity contribution in [2.75, 3.05) is 12.4 Å². The molecule has 200 valence electrons. The Morgan fingerprint density at radius 2 is 1.78 bits per heavy atom. The maximum atomic E-state index is 12.0.